The highest BCUT2D eigenvalue weighted by Crippen LogP contribution is 2.19. The van der Waals surface area contributed by atoms with Crippen LogP contribution >= 0.6 is 22.6 Å². The number of rotatable bonds is 5. The Morgan fingerprint density at radius 2 is 1.79 bits per heavy atom. The summed E-state index contributed by atoms with van der Waals surface area (Å²) in [6.07, 6.45) is 0. The standard InChI is InChI=1S/C15H13IO3/c1-18-15-5-3-2-4-13(15)14(17)10-19-12-8-6-11(16)7-9-12/h2-9H,10H2,1H3. The zero-order valence-electron chi connectivity index (χ0n) is 10.4. The van der Waals surface area contributed by atoms with Crippen molar-refractivity contribution in [2.45, 2.75) is 0 Å². The molecule has 19 heavy (non-hydrogen) atoms. The number of hydrogen-bond acceptors (Lipinski definition) is 3. The molecule has 0 atom stereocenters. The van der Waals surface area contributed by atoms with Gasteiger partial charge in [0.15, 0.2) is 6.61 Å². The summed E-state index contributed by atoms with van der Waals surface area (Å²) in [5, 5.41) is 0. The minimum absolute atomic E-state index is 0.000958. The van der Waals surface area contributed by atoms with Gasteiger partial charge in [-0.05, 0) is 59.0 Å². The molecule has 0 amide bonds. The summed E-state index contributed by atoms with van der Waals surface area (Å²) in [6, 6.07) is 14.7. The topological polar surface area (TPSA) is 35.5 Å². The number of carbonyl (C=O) groups is 1. The Morgan fingerprint density at radius 3 is 2.47 bits per heavy atom. The van der Waals surface area contributed by atoms with E-state index in [1.54, 1.807) is 25.3 Å². The molecule has 2 aromatic rings. The van der Waals surface area contributed by atoms with Crippen molar-refractivity contribution in [3.8, 4) is 11.5 Å². The van der Waals surface area contributed by atoms with Gasteiger partial charge in [-0.3, -0.25) is 4.79 Å². The average molecular weight is 368 g/mol. The Labute approximate surface area is 125 Å². The Morgan fingerprint density at radius 1 is 1.11 bits per heavy atom. The number of benzene rings is 2. The van der Waals surface area contributed by atoms with Crippen LogP contribution in [0, 0.1) is 3.57 Å². The van der Waals surface area contributed by atoms with Crippen molar-refractivity contribution in [1.29, 1.82) is 0 Å². The molecule has 2 aromatic carbocycles. The SMILES string of the molecule is COc1ccccc1C(=O)COc1ccc(I)cc1. The molecule has 0 radical (unpaired) electrons. The van der Waals surface area contributed by atoms with Crippen LogP contribution in [0.25, 0.3) is 0 Å². The molecule has 0 aliphatic heterocycles. The van der Waals surface area contributed by atoms with Gasteiger partial charge in [0.25, 0.3) is 0 Å². The van der Waals surface area contributed by atoms with E-state index in [1.807, 2.05) is 30.3 Å². The molecule has 0 aromatic heterocycles. The van der Waals surface area contributed by atoms with E-state index in [2.05, 4.69) is 22.6 Å². The van der Waals surface area contributed by atoms with Gasteiger partial charge in [-0.2, -0.15) is 0 Å². The molecule has 0 fully saturated rings. The molecule has 0 saturated carbocycles. The maximum absolute atomic E-state index is 12.1. The molecule has 0 saturated heterocycles. The van der Waals surface area contributed by atoms with Crippen LogP contribution in [-0.4, -0.2) is 19.5 Å². The first-order valence-corrected chi connectivity index (χ1v) is 6.83. The molecule has 4 heteroatoms. The summed E-state index contributed by atoms with van der Waals surface area (Å²) in [5.41, 5.74) is 0.538. The van der Waals surface area contributed by atoms with Crippen LogP contribution in [0.2, 0.25) is 0 Å². The Balaban J connectivity index is 2.03. The summed E-state index contributed by atoms with van der Waals surface area (Å²) in [4.78, 5) is 12.1. The molecule has 3 nitrogen and oxygen atoms in total. The van der Waals surface area contributed by atoms with Crippen LogP contribution in [-0.2, 0) is 0 Å². The van der Waals surface area contributed by atoms with Crippen molar-refractivity contribution in [2.24, 2.45) is 0 Å². The Kier molecular flexibility index (Phi) is 4.79. The van der Waals surface area contributed by atoms with E-state index in [-0.39, 0.29) is 12.4 Å². The predicted molar refractivity (Wildman–Crippen MR) is 82.0 cm³/mol. The van der Waals surface area contributed by atoms with Crippen molar-refractivity contribution in [2.75, 3.05) is 13.7 Å². The number of ketones is 1. The van der Waals surface area contributed by atoms with E-state index < -0.39 is 0 Å². The third-order valence-electron chi connectivity index (χ3n) is 2.59. The first-order valence-electron chi connectivity index (χ1n) is 5.75. The zero-order chi connectivity index (χ0) is 13.7. The van der Waals surface area contributed by atoms with Crippen molar-refractivity contribution in [1.82, 2.24) is 0 Å². The molecule has 0 spiro atoms. The zero-order valence-corrected chi connectivity index (χ0v) is 12.6. The highest BCUT2D eigenvalue weighted by Gasteiger charge is 2.12. The van der Waals surface area contributed by atoms with E-state index in [0.717, 1.165) is 3.57 Å². The third kappa shape index (κ3) is 3.70. The summed E-state index contributed by atoms with van der Waals surface area (Å²) in [7, 11) is 1.55. The van der Waals surface area contributed by atoms with Crippen molar-refractivity contribution >= 4 is 28.4 Å². The van der Waals surface area contributed by atoms with Gasteiger partial charge in [0, 0.05) is 3.57 Å². The lowest BCUT2D eigenvalue weighted by Gasteiger charge is -2.08. The van der Waals surface area contributed by atoms with Crippen LogP contribution in [0.1, 0.15) is 10.4 Å². The van der Waals surface area contributed by atoms with E-state index in [0.29, 0.717) is 17.1 Å². The van der Waals surface area contributed by atoms with Gasteiger partial charge in [-0.15, -0.1) is 0 Å². The van der Waals surface area contributed by atoms with Crippen LogP contribution in [0.3, 0.4) is 0 Å². The molecular weight excluding hydrogens is 355 g/mol. The fourth-order valence-electron chi connectivity index (χ4n) is 1.63. The maximum Gasteiger partial charge on any atom is 0.203 e. The van der Waals surface area contributed by atoms with Crippen LogP contribution < -0.4 is 9.47 Å². The van der Waals surface area contributed by atoms with Crippen molar-refractivity contribution < 1.29 is 14.3 Å². The third-order valence-corrected chi connectivity index (χ3v) is 3.31. The number of hydrogen-bond donors (Lipinski definition) is 0. The second-order valence-electron chi connectivity index (χ2n) is 3.87. The lowest BCUT2D eigenvalue weighted by molar-refractivity contribution is 0.0918. The fraction of sp³-hybridized carbons (Fsp3) is 0.133. The van der Waals surface area contributed by atoms with Gasteiger partial charge in [-0.1, -0.05) is 12.1 Å². The molecular formula is C15H13IO3. The quantitative estimate of drug-likeness (QED) is 0.598. The average Bonchev–Trinajstić information content (AvgIpc) is 2.46. The Hall–Kier alpha value is -1.56. The maximum atomic E-state index is 12.1. The number of Topliss-reactive ketones (excluding diaryl/α,β-unsaturated/α-hetero) is 1. The lowest BCUT2D eigenvalue weighted by Crippen LogP contribution is -2.12. The van der Waals surface area contributed by atoms with Crippen molar-refractivity contribution in [3.63, 3.8) is 0 Å². The first kappa shape index (κ1) is 13.9. The molecule has 0 N–H and O–H groups in total. The highest BCUT2D eigenvalue weighted by molar-refractivity contribution is 14.1. The summed E-state index contributed by atoms with van der Waals surface area (Å²) < 4.78 is 11.8. The minimum Gasteiger partial charge on any atom is -0.496 e. The molecule has 98 valence electrons. The second-order valence-corrected chi connectivity index (χ2v) is 5.11. The molecule has 0 aliphatic carbocycles. The summed E-state index contributed by atoms with van der Waals surface area (Å²) in [5.74, 6) is 1.15. The second kappa shape index (κ2) is 6.56. The largest absolute Gasteiger partial charge is 0.496 e. The molecule has 2 rings (SSSR count). The summed E-state index contributed by atoms with van der Waals surface area (Å²) >= 11 is 2.22. The van der Waals surface area contributed by atoms with Crippen LogP contribution in [0.15, 0.2) is 48.5 Å². The normalized spacial score (nSPS) is 10.0. The Bertz CT molecular complexity index is 564. The van der Waals surface area contributed by atoms with E-state index in [1.165, 1.54) is 0 Å². The van der Waals surface area contributed by atoms with Gasteiger partial charge in [0.2, 0.25) is 5.78 Å². The number of halogens is 1. The number of methoxy groups -OCH3 is 1. The molecule has 0 bridgehead atoms. The van der Waals surface area contributed by atoms with Gasteiger partial charge < -0.3 is 9.47 Å². The van der Waals surface area contributed by atoms with Crippen LogP contribution in [0.5, 0.6) is 11.5 Å². The minimum atomic E-state index is -0.101. The fourth-order valence-corrected chi connectivity index (χ4v) is 1.99. The van der Waals surface area contributed by atoms with Gasteiger partial charge in [0.1, 0.15) is 11.5 Å². The molecule has 0 heterocycles. The summed E-state index contributed by atoms with van der Waals surface area (Å²) in [6.45, 7) is 0.000958. The van der Waals surface area contributed by atoms with Gasteiger partial charge in [0.05, 0.1) is 12.7 Å². The van der Waals surface area contributed by atoms with Gasteiger partial charge in [-0.25, -0.2) is 0 Å². The smallest absolute Gasteiger partial charge is 0.203 e. The van der Waals surface area contributed by atoms with E-state index in [4.69, 9.17) is 9.47 Å². The van der Waals surface area contributed by atoms with Crippen LogP contribution in [0.4, 0.5) is 0 Å². The van der Waals surface area contributed by atoms with Gasteiger partial charge >= 0.3 is 0 Å². The number of ether oxygens (including phenoxy) is 2. The first-order chi connectivity index (χ1) is 9.20. The monoisotopic (exact) mass is 368 g/mol. The van der Waals surface area contributed by atoms with E-state index in [9.17, 15) is 4.79 Å². The van der Waals surface area contributed by atoms with Crippen molar-refractivity contribution in [3.05, 3.63) is 57.7 Å². The lowest BCUT2D eigenvalue weighted by atomic mass is 10.1. The predicted octanol–water partition coefficient (Wildman–Crippen LogP) is 3.56. The van der Waals surface area contributed by atoms with E-state index >= 15 is 0 Å². The molecule has 0 unspecified atom stereocenters. The number of para-hydroxylation sites is 1. The molecule has 0 aliphatic rings. The number of carbonyl (C=O) groups excluding carboxylic acids is 1. The highest BCUT2D eigenvalue weighted by atomic mass is 127.